The van der Waals surface area contributed by atoms with Crippen LogP contribution in [0.5, 0.6) is 0 Å². The summed E-state index contributed by atoms with van der Waals surface area (Å²) in [7, 11) is 0. The van der Waals surface area contributed by atoms with E-state index in [0.717, 1.165) is 0 Å². The van der Waals surface area contributed by atoms with Crippen LogP contribution in [-0.2, 0) is 4.74 Å². The minimum atomic E-state index is -0.787. The number of nitrogens with zero attached hydrogens (tertiary/aromatic N) is 1. The van der Waals surface area contributed by atoms with Crippen molar-refractivity contribution < 1.29 is 19.0 Å². The summed E-state index contributed by atoms with van der Waals surface area (Å²) >= 11 is 5.75. The summed E-state index contributed by atoms with van der Waals surface area (Å²) in [6.07, 6.45) is -0.500. The average molecular weight is 330 g/mol. The van der Waals surface area contributed by atoms with Crippen molar-refractivity contribution in [1.82, 2.24) is 4.90 Å². The molecular weight excluding hydrogens is 309 g/mol. The first-order chi connectivity index (χ1) is 10.2. The van der Waals surface area contributed by atoms with E-state index >= 15 is 0 Å². The van der Waals surface area contributed by atoms with Crippen LogP contribution >= 0.6 is 11.6 Å². The van der Waals surface area contributed by atoms with Crippen molar-refractivity contribution in [3.8, 4) is 0 Å². The van der Waals surface area contributed by atoms with Crippen LogP contribution in [0.25, 0.3) is 0 Å². The van der Waals surface area contributed by atoms with Crippen LogP contribution in [0.2, 0.25) is 5.02 Å². The largest absolute Gasteiger partial charge is 0.444 e. The van der Waals surface area contributed by atoms with E-state index in [1.165, 1.54) is 18.2 Å². The lowest BCUT2D eigenvalue weighted by atomic mass is 9.95. The summed E-state index contributed by atoms with van der Waals surface area (Å²) in [5, 5.41) is 10.4. The summed E-state index contributed by atoms with van der Waals surface area (Å²) in [5.74, 6) is -0.631. The molecule has 1 N–H and O–H groups in total. The number of likely N-dealkylation sites (tertiary alicyclic amines) is 1. The molecule has 1 fully saturated rings. The highest BCUT2D eigenvalue weighted by atomic mass is 35.5. The van der Waals surface area contributed by atoms with E-state index in [2.05, 4.69) is 0 Å². The molecule has 1 heterocycles. The highest BCUT2D eigenvalue weighted by Crippen LogP contribution is 2.32. The van der Waals surface area contributed by atoms with Crippen molar-refractivity contribution in [1.29, 1.82) is 0 Å². The van der Waals surface area contributed by atoms with Gasteiger partial charge in [0.05, 0.1) is 11.1 Å². The first-order valence-electron chi connectivity index (χ1n) is 7.28. The molecule has 0 bridgehead atoms. The van der Waals surface area contributed by atoms with Gasteiger partial charge >= 0.3 is 6.09 Å². The SMILES string of the molecule is CC(C)(C)OC(=O)N1CCC(C(O)c2ccc(F)c(Cl)c2)C1. The number of carbonyl (C=O) groups is 1. The normalized spacial score (nSPS) is 20.1. The van der Waals surface area contributed by atoms with Crippen molar-refractivity contribution in [3.05, 3.63) is 34.6 Å². The molecule has 0 radical (unpaired) electrons. The van der Waals surface area contributed by atoms with E-state index < -0.39 is 17.5 Å². The number of benzene rings is 1. The minimum absolute atomic E-state index is 0.0152. The molecule has 0 spiro atoms. The highest BCUT2D eigenvalue weighted by molar-refractivity contribution is 6.30. The third kappa shape index (κ3) is 4.11. The zero-order valence-electron chi connectivity index (χ0n) is 13.0. The van der Waals surface area contributed by atoms with Crippen LogP contribution in [0.15, 0.2) is 18.2 Å². The van der Waals surface area contributed by atoms with Crippen molar-refractivity contribution in [3.63, 3.8) is 0 Å². The van der Waals surface area contributed by atoms with Crippen molar-refractivity contribution in [2.24, 2.45) is 5.92 Å². The van der Waals surface area contributed by atoms with Gasteiger partial charge in [-0.3, -0.25) is 0 Å². The molecule has 2 unspecified atom stereocenters. The van der Waals surface area contributed by atoms with Crippen molar-refractivity contribution >= 4 is 17.7 Å². The van der Waals surface area contributed by atoms with Gasteiger partial charge in [0, 0.05) is 19.0 Å². The lowest BCUT2D eigenvalue weighted by Gasteiger charge is -2.25. The van der Waals surface area contributed by atoms with E-state index in [1.807, 2.05) is 20.8 Å². The van der Waals surface area contributed by atoms with Crippen LogP contribution in [0.1, 0.15) is 38.9 Å². The Labute approximate surface area is 134 Å². The lowest BCUT2D eigenvalue weighted by molar-refractivity contribution is 0.0268. The zero-order chi connectivity index (χ0) is 16.5. The number of amides is 1. The molecule has 122 valence electrons. The minimum Gasteiger partial charge on any atom is -0.444 e. The molecule has 4 nitrogen and oxygen atoms in total. The monoisotopic (exact) mass is 329 g/mol. The molecule has 2 rings (SSSR count). The first kappa shape index (κ1) is 17.0. The number of ether oxygens (including phenoxy) is 1. The molecule has 2 atom stereocenters. The van der Waals surface area contributed by atoms with Crippen LogP contribution in [0, 0.1) is 11.7 Å². The van der Waals surface area contributed by atoms with E-state index in [0.29, 0.717) is 25.1 Å². The fraction of sp³-hybridized carbons (Fsp3) is 0.562. The Hall–Kier alpha value is -1.33. The Morgan fingerprint density at radius 2 is 2.18 bits per heavy atom. The van der Waals surface area contributed by atoms with Crippen LogP contribution in [0.4, 0.5) is 9.18 Å². The Kier molecular flexibility index (Phi) is 4.97. The van der Waals surface area contributed by atoms with Gasteiger partial charge in [0.25, 0.3) is 0 Å². The van der Waals surface area contributed by atoms with Gasteiger partial charge in [-0.2, -0.15) is 0 Å². The third-order valence-electron chi connectivity index (χ3n) is 3.61. The second kappa shape index (κ2) is 6.42. The van der Waals surface area contributed by atoms with Gasteiger partial charge in [-0.15, -0.1) is 0 Å². The highest BCUT2D eigenvalue weighted by Gasteiger charge is 2.34. The molecule has 1 aliphatic rings. The Morgan fingerprint density at radius 3 is 2.77 bits per heavy atom. The number of rotatable bonds is 2. The van der Waals surface area contributed by atoms with E-state index in [1.54, 1.807) is 4.90 Å². The van der Waals surface area contributed by atoms with E-state index in [4.69, 9.17) is 16.3 Å². The van der Waals surface area contributed by atoms with Crippen LogP contribution in [0.3, 0.4) is 0 Å². The lowest BCUT2D eigenvalue weighted by Crippen LogP contribution is -2.35. The molecule has 0 aliphatic carbocycles. The Morgan fingerprint density at radius 1 is 1.50 bits per heavy atom. The molecule has 6 heteroatoms. The molecule has 22 heavy (non-hydrogen) atoms. The molecule has 1 aliphatic heterocycles. The number of hydrogen-bond acceptors (Lipinski definition) is 3. The van der Waals surface area contributed by atoms with Gasteiger partial charge in [0.2, 0.25) is 0 Å². The smallest absolute Gasteiger partial charge is 0.410 e. The van der Waals surface area contributed by atoms with Crippen LogP contribution in [-0.4, -0.2) is 34.8 Å². The van der Waals surface area contributed by atoms with Gasteiger partial charge in [0.1, 0.15) is 11.4 Å². The maximum atomic E-state index is 13.2. The molecular formula is C16H21ClFNO3. The summed E-state index contributed by atoms with van der Waals surface area (Å²) in [4.78, 5) is 13.6. The van der Waals surface area contributed by atoms with Gasteiger partial charge in [0.15, 0.2) is 0 Å². The Bertz CT molecular complexity index is 559. The average Bonchev–Trinajstić information content (AvgIpc) is 2.89. The molecule has 0 saturated carbocycles. The van der Waals surface area contributed by atoms with Crippen molar-refractivity contribution in [2.45, 2.75) is 38.9 Å². The number of halogens is 2. The summed E-state index contributed by atoms with van der Waals surface area (Å²) < 4.78 is 18.5. The van der Waals surface area contributed by atoms with Gasteiger partial charge in [-0.25, -0.2) is 9.18 Å². The van der Waals surface area contributed by atoms with E-state index in [9.17, 15) is 14.3 Å². The molecule has 1 aromatic rings. The molecule has 1 aromatic carbocycles. The number of aliphatic hydroxyl groups excluding tert-OH is 1. The van der Waals surface area contributed by atoms with Gasteiger partial charge in [-0.1, -0.05) is 17.7 Å². The second-order valence-electron chi connectivity index (χ2n) is 6.59. The van der Waals surface area contributed by atoms with Gasteiger partial charge < -0.3 is 14.7 Å². The quantitative estimate of drug-likeness (QED) is 0.898. The molecule has 1 saturated heterocycles. The first-order valence-corrected chi connectivity index (χ1v) is 7.66. The second-order valence-corrected chi connectivity index (χ2v) is 7.00. The summed E-state index contributed by atoms with van der Waals surface area (Å²) in [5.41, 5.74) is 0.0144. The van der Waals surface area contributed by atoms with Crippen LogP contribution < -0.4 is 0 Å². The Balaban J connectivity index is 2.00. The predicted molar refractivity (Wildman–Crippen MR) is 82.3 cm³/mol. The van der Waals surface area contributed by atoms with Crippen molar-refractivity contribution in [2.75, 3.05) is 13.1 Å². The molecule has 0 aromatic heterocycles. The number of hydrogen-bond donors (Lipinski definition) is 1. The third-order valence-corrected chi connectivity index (χ3v) is 3.90. The van der Waals surface area contributed by atoms with E-state index in [-0.39, 0.29) is 17.0 Å². The maximum Gasteiger partial charge on any atom is 0.410 e. The summed E-state index contributed by atoms with van der Waals surface area (Å²) in [6, 6.07) is 4.18. The molecule has 1 amide bonds. The number of aliphatic hydroxyl groups is 1. The standard InChI is InChI=1S/C16H21ClFNO3/c1-16(2,3)22-15(21)19-7-6-11(9-19)14(20)10-4-5-13(18)12(17)8-10/h4-5,8,11,14,20H,6-7,9H2,1-3H3. The maximum absolute atomic E-state index is 13.2. The predicted octanol–water partition coefficient (Wildman–Crippen LogP) is 3.77. The summed E-state index contributed by atoms with van der Waals surface area (Å²) in [6.45, 7) is 6.38. The number of carbonyl (C=O) groups excluding carboxylic acids is 1. The topological polar surface area (TPSA) is 49.8 Å². The fourth-order valence-corrected chi connectivity index (χ4v) is 2.69. The van der Waals surface area contributed by atoms with Gasteiger partial charge in [-0.05, 0) is 44.9 Å². The fourth-order valence-electron chi connectivity index (χ4n) is 2.51. The zero-order valence-corrected chi connectivity index (χ0v) is 13.7.